The van der Waals surface area contributed by atoms with Gasteiger partial charge < -0.3 is 13.9 Å². The molecule has 0 radical (unpaired) electrons. The molecule has 32 heavy (non-hydrogen) atoms. The average Bonchev–Trinajstić information content (AvgIpc) is 3.17. The number of halogens is 1. The summed E-state index contributed by atoms with van der Waals surface area (Å²) in [6.45, 7) is 5.07. The second kappa shape index (κ2) is 9.96. The fraction of sp³-hybridized carbons (Fsp3) is 0.360. The largest absolute Gasteiger partial charge is 0.493 e. The Bertz CT molecular complexity index is 1060. The van der Waals surface area contributed by atoms with Crippen molar-refractivity contribution >= 4 is 5.97 Å². The summed E-state index contributed by atoms with van der Waals surface area (Å²) < 4.78 is 29.8. The van der Waals surface area contributed by atoms with E-state index in [-0.39, 0.29) is 11.8 Å². The van der Waals surface area contributed by atoms with E-state index in [1.54, 1.807) is 24.3 Å². The lowest BCUT2D eigenvalue weighted by Crippen LogP contribution is -2.37. The lowest BCUT2D eigenvalue weighted by Gasteiger charge is -2.32. The molecule has 1 saturated heterocycles. The maximum atomic E-state index is 13.3. The van der Waals surface area contributed by atoms with E-state index < -0.39 is 0 Å². The number of likely N-dealkylation sites (tertiary alicyclic amines) is 1. The fourth-order valence-corrected chi connectivity index (χ4v) is 3.98. The molecular weight excluding hydrogens is 411 g/mol. The Hall–Kier alpha value is -3.19. The smallest absolute Gasteiger partial charge is 0.337 e. The number of rotatable bonds is 7. The number of methoxy groups -OCH3 is 1. The van der Waals surface area contributed by atoms with Gasteiger partial charge in [-0.3, -0.25) is 4.90 Å². The number of esters is 1. The van der Waals surface area contributed by atoms with Crippen LogP contribution >= 0.6 is 0 Å². The van der Waals surface area contributed by atoms with Crippen molar-refractivity contribution in [3.8, 4) is 17.2 Å². The molecule has 2 heterocycles. The zero-order valence-corrected chi connectivity index (χ0v) is 18.3. The predicted molar refractivity (Wildman–Crippen MR) is 118 cm³/mol. The number of carbonyl (C=O) groups excluding carboxylic acids is 1. The number of aryl methyl sites for hydroxylation is 1. The van der Waals surface area contributed by atoms with Crippen LogP contribution in [0, 0.1) is 18.7 Å². The number of benzene rings is 2. The molecule has 1 aromatic heterocycles. The van der Waals surface area contributed by atoms with Crippen LogP contribution in [0.25, 0.3) is 11.5 Å². The predicted octanol–water partition coefficient (Wildman–Crippen LogP) is 4.87. The summed E-state index contributed by atoms with van der Waals surface area (Å²) in [5, 5.41) is 0. The van der Waals surface area contributed by atoms with Gasteiger partial charge in [-0.2, -0.15) is 0 Å². The van der Waals surface area contributed by atoms with Gasteiger partial charge in [-0.25, -0.2) is 14.2 Å². The number of hydrogen-bond acceptors (Lipinski definition) is 6. The van der Waals surface area contributed by atoms with E-state index in [2.05, 4.69) is 4.90 Å². The highest BCUT2D eigenvalue weighted by Gasteiger charge is 2.23. The van der Waals surface area contributed by atoms with E-state index >= 15 is 0 Å². The molecule has 1 aliphatic rings. The first-order valence-electron chi connectivity index (χ1n) is 10.8. The minimum atomic E-state index is -0.373. The maximum absolute atomic E-state index is 13.3. The summed E-state index contributed by atoms with van der Waals surface area (Å²) in [6, 6.07) is 13.3. The van der Waals surface area contributed by atoms with Crippen molar-refractivity contribution in [2.45, 2.75) is 26.3 Å². The molecule has 168 valence electrons. The molecular formula is C25H27FN2O4. The van der Waals surface area contributed by atoms with Crippen LogP contribution in [-0.4, -0.2) is 42.7 Å². The highest BCUT2D eigenvalue weighted by molar-refractivity contribution is 5.89. The molecule has 6 nitrogen and oxygen atoms in total. The molecule has 1 unspecified atom stereocenters. The molecule has 1 atom stereocenters. The van der Waals surface area contributed by atoms with Crippen LogP contribution in [-0.2, 0) is 11.3 Å². The van der Waals surface area contributed by atoms with Crippen LogP contribution in [0.3, 0.4) is 0 Å². The van der Waals surface area contributed by atoms with Crippen molar-refractivity contribution in [1.29, 1.82) is 0 Å². The lowest BCUT2D eigenvalue weighted by atomic mass is 9.99. The lowest BCUT2D eigenvalue weighted by molar-refractivity contribution is 0.0600. The molecule has 7 heteroatoms. The molecule has 3 aromatic rings. The first-order chi connectivity index (χ1) is 15.5. The first kappa shape index (κ1) is 22.0. The molecule has 0 amide bonds. The number of oxazole rings is 1. The van der Waals surface area contributed by atoms with Crippen LogP contribution in [0.1, 0.15) is 34.7 Å². The minimum Gasteiger partial charge on any atom is -0.493 e. The van der Waals surface area contributed by atoms with Crippen molar-refractivity contribution in [1.82, 2.24) is 9.88 Å². The Morgan fingerprint density at radius 2 is 2.06 bits per heavy atom. The topological polar surface area (TPSA) is 64.8 Å². The third-order valence-corrected chi connectivity index (χ3v) is 5.70. The molecule has 0 aliphatic carbocycles. The van der Waals surface area contributed by atoms with Gasteiger partial charge in [-0.1, -0.05) is 6.07 Å². The van der Waals surface area contributed by atoms with Crippen LogP contribution in [0.2, 0.25) is 0 Å². The standard InChI is InChI=1S/C25H27FN2O4/c1-17-23(27-24(32-17)19-8-10-20(11-9-19)25(29)30-2)15-28-12-4-5-18(14-28)16-31-22-7-3-6-21(26)13-22/h3,6-11,13,18H,4-5,12,14-16H2,1-2H3. The number of nitrogens with zero attached hydrogens (tertiary/aromatic N) is 2. The Labute approximate surface area is 187 Å². The SMILES string of the molecule is COC(=O)c1ccc(-c2nc(CN3CCCC(COc4cccc(F)c4)C3)c(C)o2)cc1. The highest BCUT2D eigenvalue weighted by atomic mass is 19.1. The van der Waals surface area contributed by atoms with Crippen LogP contribution in [0.5, 0.6) is 5.75 Å². The Kier molecular flexibility index (Phi) is 6.85. The average molecular weight is 438 g/mol. The van der Waals surface area contributed by atoms with Gasteiger partial charge in [0.05, 0.1) is 25.0 Å². The molecule has 0 spiro atoms. The zero-order chi connectivity index (χ0) is 22.5. The molecule has 4 rings (SSSR count). The normalized spacial score (nSPS) is 16.7. The monoisotopic (exact) mass is 438 g/mol. The van der Waals surface area contributed by atoms with Crippen LogP contribution in [0.4, 0.5) is 4.39 Å². The number of piperidine rings is 1. The van der Waals surface area contributed by atoms with Gasteiger partial charge in [0.2, 0.25) is 5.89 Å². The maximum Gasteiger partial charge on any atom is 0.337 e. The summed E-state index contributed by atoms with van der Waals surface area (Å²) in [5.41, 5.74) is 2.20. The molecule has 0 bridgehead atoms. The molecule has 2 aromatic carbocycles. The summed E-state index contributed by atoms with van der Waals surface area (Å²) in [5.74, 6) is 1.61. The van der Waals surface area contributed by atoms with Gasteiger partial charge in [0, 0.05) is 30.6 Å². The van der Waals surface area contributed by atoms with Crippen LogP contribution in [0.15, 0.2) is 52.9 Å². The van der Waals surface area contributed by atoms with E-state index in [4.69, 9.17) is 18.9 Å². The minimum absolute atomic E-state index is 0.287. The summed E-state index contributed by atoms with van der Waals surface area (Å²) in [6.07, 6.45) is 2.16. The zero-order valence-electron chi connectivity index (χ0n) is 18.3. The number of carbonyl (C=O) groups is 1. The third kappa shape index (κ3) is 5.34. The third-order valence-electron chi connectivity index (χ3n) is 5.70. The van der Waals surface area contributed by atoms with E-state index in [0.29, 0.717) is 36.3 Å². The van der Waals surface area contributed by atoms with Gasteiger partial charge in [-0.15, -0.1) is 0 Å². The van der Waals surface area contributed by atoms with E-state index in [0.717, 1.165) is 42.9 Å². The summed E-state index contributed by atoms with van der Waals surface area (Å²) in [7, 11) is 1.36. The quantitative estimate of drug-likeness (QED) is 0.491. The number of ether oxygens (including phenoxy) is 2. The second-order valence-corrected chi connectivity index (χ2v) is 8.10. The van der Waals surface area contributed by atoms with Crippen molar-refractivity contribution in [3.05, 3.63) is 71.4 Å². The molecule has 0 N–H and O–H groups in total. The Balaban J connectivity index is 1.36. The van der Waals surface area contributed by atoms with E-state index in [1.807, 2.05) is 19.1 Å². The molecule has 0 saturated carbocycles. The van der Waals surface area contributed by atoms with Gasteiger partial charge in [0.1, 0.15) is 17.3 Å². The van der Waals surface area contributed by atoms with E-state index in [1.165, 1.54) is 19.2 Å². The van der Waals surface area contributed by atoms with Gasteiger partial charge in [0.25, 0.3) is 0 Å². The Morgan fingerprint density at radius 1 is 1.25 bits per heavy atom. The van der Waals surface area contributed by atoms with Crippen molar-refractivity contribution in [2.24, 2.45) is 5.92 Å². The summed E-state index contributed by atoms with van der Waals surface area (Å²) >= 11 is 0. The first-order valence-corrected chi connectivity index (χ1v) is 10.8. The van der Waals surface area contributed by atoms with Crippen molar-refractivity contribution in [2.75, 3.05) is 26.8 Å². The van der Waals surface area contributed by atoms with Crippen LogP contribution < -0.4 is 4.74 Å². The molecule has 1 aliphatic heterocycles. The van der Waals surface area contributed by atoms with Crippen molar-refractivity contribution < 1.29 is 23.1 Å². The Morgan fingerprint density at radius 3 is 2.81 bits per heavy atom. The van der Waals surface area contributed by atoms with Gasteiger partial charge >= 0.3 is 5.97 Å². The molecule has 1 fully saturated rings. The summed E-state index contributed by atoms with van der Waals surface area (Å²) in [4.78, 5) is 18.7. The van der Waals surface area contributed by atoms with Crippen molar-refractivity contribution in [3.63, 3.8) is 0 Å². The van der Waals surface area contributed by atoms with Gasteiger partial charge in [0.15, 0.2) is 0 Å². The fourth-order valence-electron chi connectivity index (χ4n) is 3.98. The van der Waals surface area contributed by atoms with Gasteiger partial charge in [-0.05, 0) is 62.7 Å². The number of aromatic nitrogens is 1. The van der Waals surface area contributed by atoms with E-state index in [9.17, 15) is 9.18 Å². The highest BCUT2D eigenvalue weighted by Crippen LogP contribution is 2.25. The number of hydrogen-bond donors (Lipinski definition) is 0. The second-order valence-electron chi connectivity index (χ2n) is 8.10.